The van der Waals surface area contributed by atoms with Crippen molar-refractivity contribution in [1.82, 2.24) is 20.8 Å². The summed E-state index contributed by atoms with van der Waals surface area (Å²) in [6.07, 6.45) is 0.403. The molecular formula is C22H38N4O5S. The van der Waals surface area contributed by atoms with Gasteiger partial charge in [0.1, 0.15) is 5.60 Å². The molecule has 0 spiro atoms. The standard InChI is InChI=1S/C22H38N4O5S/c1-13(2)12-15(17(28)18-25-26-20(30-18)32-14(3)4)23-16(27)10-11-22(8,9)24-19(29)31-21(5,6)7/h13-15H,10-12H2,1-9H3,(H,23,27)(H,24,29)/t15-/m0/s1. The van der Waals surface area contributed by atoms with E-state index in [1.54, 1.807) is 20.8 Å². The quantitative estimate of drug-likeness (QED) is 0.361. The lowest BCUT2D eigenvalue weighted by atomic mass is 9.97. The summed E-state index contributed by atoms with van der Waals surface area (Å²) in [6, 6.07) is -0.762. The number of rotatable bonds is 11. The molecule has 2 amide bonds. The van der Waals surface area contributed by atoms with Crippen LogP contribution in [0.5, 0.6) is 0 Å². The van der Waals surface area contributed by atoms with Gasteiger partial charge < -0.3 is 19.8 Å². The van der Waals surface area contributed by atoms with Crippen LogP contribution in [0.2, 0.25) is 0 Å². The molecule has 0 radical (unpaired) electrons. The van der Waals surface area contributed by atoms with Crippen LogP contribution in [-0.2, 0) is 9.53 Å². The van der Waals surface area contributed by atoms with E-state index < -0.39 is 29.1 Å². The number of amides is 2. The molecular weight excluding hydrogens is 432 g/mol. The minimum absolute atomic E-state index is 0.106. The summed E-state index contributed by atoms with van der Waals surface area (Å²) in [5, 5.41) is 13.9. The number of carbonyl (C=O) groups is 3. The highest BCUT2D eigenvalue weighted by Crippen LogP contribution is 2.22. The van der Waals surface area contributed by atoms with Gasteiger partial charge in [-0.1, -0.05) is 39.5 Å². The first-order valence-electron chi connectivity index (χ1n) is 10.9. The molecule has 0 unspecified atom stereocenters. The minimum atomic E-state index is -0.762. The van der Waals surface area contributed by atoms with E-state index in [0.29, 0.717) is 18.1 Å². The average Bonchev–Trinajstić information content (AvgIpc) is 3.04. The van der Waals surface area contributed by atoms with Crippen molar-refractivity contribution in [2.24, 2.45) is 5.92 Å². The molecule has 1 rings (SSSR count). The van der Waals surface area contributed by atoms with Gasteiger partial charge in [-0.2, -0.15) is 0 Å². The van der Waals surface area contributed by atoms with E-state index in [-0.39, 0.29) is 29.4 Å². The zero-order valence-corrected chi connectivity index (χ0v) is 21.5. The smallest absolute Gasteiger partial charge is 0.408 e. The second kappa shape index (κ2) is 11.7. The van der Waals surface area contributed by atoms with E-state index in [1.165, 1.54) is 11.8 Å². The van der Waals surface area contributed by atoms with Gasteiger partial charge in [0.2, 0.25) is 11.7 Å². The van der Waals surface area contributed by atoms with Crippen LogP contribution < -0.4 is 10.6 Å². The second-order valence-electron chi connectivity index (χ2n) is 10.2. The van der Waals surface area contributed by atoms with Gasteiger partial charge in [-0.05, 0) is 53.4 Å². The van der Waals surface area contributed by atoms with Crippen molar-refractivity contribution >= 4 is 29.5 Å². The van der Waals surface area contributed by atoms with Gasteiger partial charge in [-0.15, -0.1) is 10.2 Å². The predicted octanol–water partition coefficient (Wildman–Crippen LogP) is 4.37. The lowest BCUT2D eigenvalue weighted by Crippen LogP contribution is -2.47. The molecule has 0 fully saturated rings. The Morgan fingerprint density at radius 1 is 1.06 bits per heavy atom. The van der Waals surface area contributed by atoms with Crippen molar-refractivity contribution in [3.63, 3.8) is 0 Å². The number of Topliss-reactive ketones (excluding diaryl/α,β-unsaturated/α-hetero) is 1. The topological polar surface area (TPSA) is 123 Å². The van der Waals surface area contributed by atoms with E-state index in [1.807, 2.05) is 41.5 Å². The Balaban J connectivity index is 2.72. The molecule has 0 saturated heterocycles. The number of alkyl carbamates (subject to hydrolysis) is 1. The first-order valence-corrected chi connectivity index (χ1v) is 11.8. The lowest BCUT2D eigenvalue weighted by Gasteiger charge is -2.28. The minimum Gasteiger partial charge on any atom is -0.444 e. The van der Waals surface area contributed by atoms with Crippen LogP contribution >= 0.6 is 11.8 Å². The molecule has 1 atom stereocenters. The van der Waals surface area contributed by atoms with E-state index >= 15 is 0 Å². The fourth-order valence-corrected chi connectivity index (χ4v) is 3.36. The Morgan fingerprint density at radius 2 is 1.69 bits per heavy atom. The van der Waals surface area contributed by atoms with Gasteiger partial charge in [-0.3, -0.25) is 9.59 Å². The molecule has 0 aliphatic carbocycles. The molecule has 0 aliphatic rings. The van der Waals surface area contributed by atoms with Crippen molar-refractivity contribution < 1.29 is 23.5 Å². The highest BCUT2D eigenvalue weighted by atomic mass is 32.2. The first kappa shape index (κ1) is 27.9. The van der Waals surface area contributed by atoms with Gasteiger partial charge in [-0.25, -0.2) is 4.79 Å². The molecule has 1 aromatic rings. The van der Waals surface area contributed by atoms with Crippen LogP contribution in [0.4, 0.5) is 4.79 Å². The normalized spacial score (nSPS) is 13.2. The SMILES string of the molecule is CC(C)C[C@H](NC(=O)CCC(C)(C)NC(=O)OC(C)(C)C)C(=O)c1nnc(SC(C)C)o1. The Hall–Kier alpha value is -2.10. The average molecular weight is 471 g/mol. The summed E-state index contributed by atoms with van der Waals surface area (Å²) in [5.41, 5.74) is -1.27. The predicted molar refractivity (Wildman–Crippen MR) is 124 cm³/mol. The molecule has 0 aliphatic heterocycles. The first-order chi connectivity index (χ1) is 14.6. The van der Waals surface area contributed by atoms with Crippen molar-refractivity contribution in [1.29, 1.82) is 0 Å². The Labute approximate surface area is 195 Å². The molecule has 1 aromatic heterocycles. The summed E-state index contributed by atoms with van der Waals surface area (Å²) >= 11 is 1.37. The van der Waals surface area contributed by atoms with Gasteiger partial charge in [0.15, 0.2) is 0 Å². The molecule has 10 heteroatoms. The maximum Gasteiger partial charge on any atom is 0.408 e. The van der Waals surface area contributed by atoms with Gasteiger partial charge in [0.05, 0.1) is 6.04 Å². The number of ether oxygens (including phenoxy) is 1. The number of hydrogen-bond acceptors (Lipinski definition) is 8. The van der Waals surface area contributed by atoms with E-state index in [4.69, 9.17) is 9.15 Å². The monoisotopic (exact) mass is 470 g/mol. The summed E-state index contributed by atoms with van der Waals surface area (Å²) in [7, 11) is 0. The van der Waals surface area contributed by atoms with Crippen LogP contribution in [0.15, 0.2) is 9.64 Å². The van der Waals surface area contributed by atoms with Crippen LogP contribution in [-0.4, -0.2) is 50.4 Å². The van der Waals surface area contributed by atoms with E-state index in [9.17, 15) is 14.4 Å². The molecule has 2 N–H and O–H groups in total. The summed E-state index contributed by atoms with van der Waals surface area (Å²) in [6.45, 7) is 16.9. The zero-order valence-electron chi connectivity index (χ0n) is 20.7. The Kier molecular flexibility index (Phi) is 10.2. The van der Waals surface area contributed by atoms with Gasteiger partial charge in [0, 0.05) is 17.2 Å². The fourth-order valence-electron chi connectivity index (χ4n) is 2.75. The van der Waals surface area contributed by atoms with Crippen LogP contribution in [0.1, 0.15) is 92.3 Å². The van der Waals surface area contributed by atoms with Crippen LogP contribution in [0.3, 0.4) is 0 Å². The maximum atomic E-state index is 12.9. The number of ketones is 1. The molecule has 1 heterocycles. The van der Waals surface area contributed by atoms with E-state index in [0.717, 1.165) is 0 Å². The highest BCUT2D eigenvalue weighted by molar-refractivity contribution is 7.99. The van der Waals surface area contributed by atoms with Gasteiger partial charge in [0.25, 0.3) is 11.1 Å². The summed E-state index contributed by atoms with van der Waals surface area (Å²) in [4.78, 5) is 37.5. The number of nitrogens with one attached hydrogen (secondary N) is 2. The van der Waals surface area contributed by atoms with Crippen molar-refractivity contribution in [2.75, 3.05) is 0 Å². The second-order valence-corrected chi connectivity index (χ2v) is 11.7. The molecule has 9 nitrogen and oxygen atoms in total. The van der Waals surface area contributed by atoms with Gasteiger partial charge >= 0.3 is 6.09 Å². The molecule has 182 valence electrons. The summed E-state index contributed by atoms with van der Waals surface area (Å²) in [5.74, 6) is -0.631. The maximum absolute atomic E-state index is 12.9. The zero-order chi connectivity index (χ0) is 24.7. The Morgan fingerprint density at radius 3 is 2.22 bits per heavy atom. The number of nitrogens with zero attached hydrogens (tertiary/aromatic N) is 2. The summed E-state index contributed by atoms with van der Waals surface area (Å²) < 4.78 is 10.8. The fraction of sp³-hybridized carbons (Fsp3) is 0.773. The molecule has 32 heavy (non-hydrogen) atoms. The Bertz CT molecular complexity index is 784. The number of aromatic nitrogens is 2. The van der Waals surface area contributed by atoms with Crippen LogP contribution in [0.25, 0.3) is 0 Å². The van der Waals surface area contributed by atoms with Crippen molar-refractivity contribution in [2.45, 2.75) is 109 Å². The number of thioether (sulfide) groups is 1. The number of hydrogen-bond donors (Lipinski definition) is 2. The lowest BCUT2D eigenvalue weighted by molar-refractivity contribution is -0.122. The number of carbonyl (C=O) groups excluding carboxylic acids is 3. The van der Waals surface area contributed by atoms with E-state index in [2.05, 4.69) is 20.8 Å². The molecule has 0 bridgehead atoms. The van der Waals surface area contributed by atoms with Crippen molar-refractivity contribution in [3.8, 4) is 0 Å². The third-order valence-corrected chi connectivity index (χ3v) is 4.97. The third-order valence-electron chi connectivity index (χ3n) is 4.13. The molecule has 0 saturated carbocycles. The third kappa shape index (κ3) is 11.0. The van der Waals surface area contributed by atoms with Crippen molar-refractivity contribution in [3.05, 3.63) is 5.89 Å². The van der Waals surface area contributed by atoms with Crippen LogP contribution in [0, 0.1) is 5.92 Å². The highest BCUT2D eigenvalue weighted by Gasteiger charge is 2.29. The molecule has 0 aromatic carbocycles. The largest absolute Gasteiger partial charge is 0.444 e.